The Balaban J connectivity index is 2.14. The zero-order valence-corrected chi connectivity index (χ0v) is 10.0. The highest BCUT2D eigenvalue weighted by Gasteiger charge is 2.38. The summed E-state index contributed by atoms with van der Waals surface area (Å²) in [6.07, 6.45) is -1.46. The average Bonchev–Trinajstić information content (AvgIpc) is 3.11. The van der Waals surface area contributed by atoms with E-state index in [1.165, 1.54) is 18.9 Å². The SMILES string of the molecule is O=[N+]([O-])c1ccc(NCCC2CC2)cc1C(F)(F)F. The lowest BCUT2D eigenvalue weighted by molar-refractivity contribution is -0.388. The third-order valence-electron chi connectivity index (χ3n) is 3.08. The van der Waals surface area contributed by atoms with E-state index in [1.807, 2.05) is 0 Å². The van der Waals surface area contributed by atoms with Crippen molar-refractivity contribution < 1.29 is 18.1 Å². The van der Waals surface area contributed by atoms with Gasteiger partial charge in [-0.2, -0.15) is 13.2 Å². The Labute approximate surface area is 107 Å². The Kier molecular flexibility index (Phi) is 3.64. The number of hydrogen-bond acceptors (Lipinski definition) is 3. The number of nitrogens with zero attached hydrogens (tertiary/aromatic N) is 1. The van der Waals surface area contributed by atoms with E-state index in [0.717, 1.165) is 18.6 Å². The van der Waals surface area contributed by atoms with Crippen molar-refractivity contribution in [1.82, 2.24) is 0 Å². The van der Waals surface area contributed by atoms with Crippen molar-refractivity contribution in [3.8, 4) is 0 Å². The molecular weight excluding hydrogens is 261 g/mol. The number of nitrogens with one attached hydrogen (secondary N) is 1. The molecule has 0 aromatic heterocycles. The van der Waals surface area contributed by atoms with Crippen molar-refractivity contribution in [2.45, 2.75) is 25.4 Å². The molecule has 0 amide bonds. The van der Waals surface area contributed by atoms with E-state index in [2.05, 4.69) is 5.32 Å². The Morgan fingerprint density at radius 2 is 2.05 bits per heavy atom. The maximum Gasteiger partial charge on any atom is 0.423 e. The Hall–Kier alpha value is -1.79. The van der Waals surface area contributed by atoms with Crippen molar-refractivity contribution in [3.05, 3.63) is 33.9 Å². The summed E-state index contributed by atoms with van der Waals surface area (Å²) >= 11 is 0. The van der Waals surface area contributed by atoms with E-state index in [-0.39, 0.29) is 5.69 Å². The smallest absolute Gasteiger partial charge is 0.385 e. The summed E-state index contributed by atoms with van der Waals surface area (Å²) in [5.41, 5.74) is -1.87. The van der Waals surface area contributed by atoms with E-state index in [4.69, 9.17) is 0 Å². The third-order valence-corrected chi connectivity index (χ3v) is 3.08. The molecule has 0 unspecified atom stereocenters. The van der Waals surface area contributed by atoms with Crippen LogP contribution < -0.4 is 5.32 Å². The van der Waals surface area contributed by atoms with Crippen LogP contribution in [0.2, 0.25) is 0 Å². The molecule has 0 saturated heterocycles. The number of alkyl halides is 3. The summed E-state index contributed by atoms with van der Waals surface area (Å²) in [6, 6.07) is 2.99. The van der Waals surface area contributed by atoms with Crippen LogP contribution in [0.4, 0.5) is 24.5 Å². The molecule has 7 heteroatoms. The number of anilines is 1. The highest BCUT2D eigenvalue weighted by Crippen LogP contribution is 2.37. The Morgan fingerprint density at radius 3 is 2.58 bits per heavy atom. The summed E-state index contributed by atoms with van der Waals surface area (Å²) in [7, 11) is 0. The molecule has 0 atom stereocenters. The highest BCUT2D eigenvalue weighted by molar-refractivity contribution is 5.55. The molecule has 1 aliphatic rings. The fourth-order valence-corrected chi connectivity index (χ4v) is 1.86. The maximum atomic E-state index is 12.7. The van der Waals surface area contributed by atoms with E-state index in [9.17, 15) is 23.3 Å². The number of hydrogen-bond donors (Lipinski definition) is 1. The molecule has 4 nitrogen and oxygen atoms in total. The van der Waals surface area contributed by atoms with E-state index in [1.54, 1.807) is 0 Å². The number of rotatable bonds is 5. The first kappa shape index (κ1) is 13.6. The van der Waals surface area contributed by atoms with Gasteiger partial charge in [-0.3, -0.25) is 10.1 Å². The topological polar surface area (TPSA) is 55.2 Å². The van der Waals surface area contributed by atoms with Gasteiger partial charge in [0.25, 0.3) is 5.69 Å². The van der Waals surface area contributed by atoms with Gasteiger partial charge in [0.1, 0.15) is 5.56 Å². The molecule has 1 aromatic carbocycles. The van der Waals surface area contributed by atoms with Crippen molar-refractivity contribution in [1.29, 1.82) is 0 Å². The first-order chi connectivity index (χ1) is 8.88. The second kappa shape index (κ2) is 5.07. The van der Waals surface area contributed by atoms with Gasteiger partial charge in [0.2, 0.25) is 0 Å². The molecular formula is C12H13F3N2O2. The lowest BCUT2D eigenvalue weighted by atomic mass is 10.1. The average molecular weight is 274 g/mol. The summed E-state index contributed by atoms with van der Waals surface area (Å²) in [4.78, 5) is 9.56. The maximum absolute atomic E-state index is 12.7. The lowest BCUT2D eigenvalue weighted by Gasteiger charge is -2.11. The molecule has 104 valence electrons. The normalized spacial score (nSPS) is 15.3. The molecule has 2 rings (SSSR count). The van der Waals surface area contributed by atoms with Gasteiger partial charge in [-0.1, -0.05) is 12.8 Å². The first-order valence-electron chi connectivity index (χ1n) is 5.97. The Bertz CT molecular complexity index is 484. The minimum Gasteiger partial charge on any atom is -0.385 e. The standard InChI is InChI=1S/C12H13F3N2O2/c13-12(14,15)10-7-9(3-4-11(10)17(18)19)16-6-5-8-1-2-8/h3-4,7-8,16H,1-2,5-6H2. The molecule has 0 bridgehead atoms. The number of nitro benzene ring substituents is 1. The lowest BCUT2D eigenvalue weighted by Crippen LogP contribution is -2.10. The fraction of sp³-hybridized carbons (Fsp3) is 0.500. The molecule has 1 N–H and O–H groups in total. The minimum absolute atomic E-state index is 0.263. The molecule has 1 fully saturated rings. The molecule has 0 aliphatic heterocycles. The van der Waals surface area contributed by atoms with Gasteiger partial charge in [0, 0.05) is 18.3 Å². The summed E-state index contributed by atoms with van der Waals surface area (Å²) in [6.45, 7) is 0.583. The van der Waals surface area contributed by atoms with Crippen molar-refractivity contribution in [3.63, 3.8) is 0 Å². The summed E-state index contributed by atoms with van der Waals surface area (Å²) in [5, 5.41) is 13.4. The van der Waals surface area contributed by atoms with Gasteiger partial charge in [0.15, 0.2) is 0 Å². The van der Waals surface area contributed by atoms with E-state index in [0.29, 0.717) is 12.5 Å². The van der Waals surface area contributed by atoms with Crippen molar-refractivity contribution >= 4 is 11.4 Å². The van der Waals surface area contributed by atoms with Gasteiger partial charge < -0.3 is 5.32 Å². The van der Waals surface area contributed by atoms with Crippen LogP contribution in [0.5, 0.6) is 0 Å². The molecule has 1 saturated carbocycles. The van der Waals surface area contributed by atoms with Crippen LogP contribution in [0.15, 0.2) is 18.2 Å². The number of nitro groups is 1. The number of benzene rings is 1. The predicted octanol–water partition coefficient (Wildman–Crippen LogP) is 3.83. The van der Waals surface area contributed by atoms with Crippen LogP contribution in [-0.2, 0) is 6.18 Å². The predicted molar refractivity (Wildman–Crippen MR) is 63.9 cm³/mol. The van der Waals surface area contributed by atoms with Crippen LogP contribution in [0, 0.1) is 16.0 Å². The fourth-order valence-electron chi connectivity index (χ4n) is 1.86. The molecule has 19 heavy (non-hydrogen) atoms. The minimum atomic E-state index is -4.73. The number of halogens is 3. The van der Waals surface area contributed by atoms with Crippen LogP contribution >= 0.6 is 0 Å². The van der Waals surface area contributed by atoms with Crippen molar-refractivity contribution in [2.24, 2.45) is 5.92 Å². The van der Waals surface area contributed by atoms with Crippen LogP contribution in [0.1, 0.15) is 24.8 Å². The van der Waals surface area contributed by atoms with Crippen LogP contribution in [0.3, 0.4) is 0 Å². The first-order valence-corrected chi connectivity index (χ1v) is 5.97. The van der Waals surface area contributed by atoms with Crippen LogP contribution in [0.25, 0.3) is 0 Å². The van der Waals surface area contributed by atoms with E-state index < -0.39 is 22.4 Å². The quantitative estimate of drug-likeness (QED) is 0.655. The van der Waals surface area contributed by atoms with E-state index >= 15 is 0 Å². The molecule has 0 spiro atoms. The highest BCUT2D eigenvalue weighted by atomic mass is 19.4. The monoisotopic (exact) mass is 274 g/mol. The van der Waals surface area contributed by atoms with Crippen molar-refractivity contribution in [2.75, 3.05) is 11.9 Å². The zero-order chi connectivity index (χ0) is 14.0. The molecule has 1 aromatic rings. The molecule has 0 radical (unpaired) electrons. The molecule has 1 aliphatic carbocycles. The third kappa shape index (κ3) is 3.59. The van der Waals surface area contributed by atoms with Crippen LogP contribution in [-0.4, -0.2) is 11.5 Å². The van der Waals surface area contributed by atoms with Gasteiger partial charge in [0.05, 0.1) is 4.92 Å². The zero-order valence-electron chi connectivity index (χ0n) is 10.0. The van der Waals surface area contributed by atoms with Gasteiger partial charge in [-0.05, 0) is 24.5 Å². The Morgan fingerprint density at radius 1 is 1.37 bits per heavy atom. The molecule has 0 heterocycles. The van der Waals surface area contributed by atoms with Gasteiger partial charge in [-0.25, -0.2) is 0 Å². The largest absolute Gasteiger partial charge is 0.423 e. The second-order valence-electron chi connectivity index (χ2n) is 4.65. The van der Waals surface area contributed by atoms with Gasteiger partial charge >= 0.3 is 6.18 Å². The summed E-state index contributed by atoms with van der Waals surface area (Å²) in [5.74, 6) is 0.674. The van der Waals surface area contributed by atoms with Gasteiger partial charge in [-0.15, -0.1) is 0 Å². The second-order valence-corrected chi connectivity index (χ2v) is 4.65. The summed E-state index contributed by atoms with van der Waals surface area (Å²) < 4.78 is 38.2.